The van der Waals surface area contributed by atoms with Gasteiger partial charge in [-0.05, 0) is 58.4 Å². The third-order valence-corrected chi connectivity index (χ3v) is 17.7. The van der Waals surface area contributed by atoms with E-state index in [1.165, 1.54) is 62.0 Å². The molecule has 548 valence electrons. The highest BCUT2D eigenvalue weighted by molar-refractivity contribution is 9.10. The SMILES string of the molecule is CN1O[C@H](CNCC(F)F)Cn2nc3c(c2C1=O)CN(C(=O)Nc1ccc(F)c(Br)c1F)CC3.CN1O[C@H](CNCC(F)F)Cn2nc3c(c2C1=O)CN(C(=O)Nc1ccc(F)c(C#N)c1)CC3.CN1O[C@H](CNCC(F)F)Cn2nc3c(c2C1=O)CN(C(=O)Nc1ccc(F)c(Cl)c1F)CC3. The zero-order valence-electron chi connectivity index (χ0n) is 54.1. The summed E-state index contributed by atoms with van der Waals surface area (Å²) in [6.45, 7) is 0.211. The number of urea groups is 3. The van der Waals surface area contributed by atoms with E-state index in [9.17, 15) is 77.1 Å². The van der Waals surface area contributed by atoms with Crippen LogP contribution in [0, 0.1) is 40.4 Å². The van der Waals surface area contributed by atoms with Crippen LogP contribution in [0.3, 0.4) is 0 Å². The minimum Gasteiger partial charge on any atom is -0.320 e. The molecule has 12 rings (SSSR count). The van der Waals surface area contributed by atoms with Crippen molar-refractivity contribution >= 4 is 80.4 Å². The number of carbonyl (C=O) groups excluding carboxylic acids is 6. The molecular weight excluding hydrogens is 1470 g/mol. The van der Waals surface area contributed by atoms with Crippen molar-refractivity contribution in [2.45, 2.75) is 96.1 Å². The van der Waals surface area contributed by atoms with Crippen LogP contribution in [0.1, 0.15) is 70.8 Å². The van der Waals surface area contributed by atoms with Crippen molar-refractivity contribution in [1.29, 1.82) is 5.26 Å². The van der Waals surface area contributed by atoms with Gasteiger partial charge in [0.15, 0.2) is 11.6 Å². The highest BCUT2D eigenvalue weighted by Gasteiger charge is 2.40. The second-order valence-electron chi connectivity index (χ2n) is 23.7. The number of nitrogens with zero attached hydrogens (tertiary/aromatic N) is 13. The molecule has 0 aliphatic carbocycles. The Morgan fingerprint density at radius 1 is 0.549 bits per heavy atom. The van der Waals surface area contributed by atoms with Crippen molar-refractivity contribution in [2.75, 3.05) is 96.0 Å². The fourth-order valence-corrected chi connectivity index (χ4v) is 12.3. The van der Waals surface area contributed by atoms with Gasteiger partial charge in [0.05, 0.1) is 97.4 Å². The molecule has 3 aromatic carbocycles. The number of aromatic nitrogens is 6. The smallest absolute Gasteiger partial charge is 0.320 e. The van der Waals surface area contributed by atoms with Crippen molar-refractivity contribution in [3.63, 3.8) is 0 Å². The molecule has 28 nitrogen and oxygen atoms in total. The molecule has 6 aliphatic rings. The zero-order chi connectivity index (χ0) is 73.5. The van der Waals surface area contributed by atoms with Crippen molar-refractivity contribution < 1.29 is 91.6 Å². The Morgan fingerprint density at radius 3 is 1.27 bits per heavy atom. The van der Waals surface area contributed by atoms with Crippen molar-refractivity contribution in [3.8, 4) is 6.07 Å². The van der Waals surface area contributed by atoms with Gasteiger partial charge in [-0.15, -0.1) is 0 Å². The molecule has 102 heavy (non-hydrogen) atoms. The molecule has 0 radical (unpaired) electrons. The summed E-state index contributed by atoms with van der Waals surface area (Å²) < 4.78 is 148. The molecule has 0 unspecified atom stereocenters. The number of anilines is 3. The lowest BCUT2D eigenvalue weighted by molar-refractivity contribution is -0.146. The average molecular weight is 1530 g/mol. The predicted molar refractivity (Wildman–Crippen MR) is 340 cm³/mol. The number of nitriles is 1. The van der Waals surface area contributed by atoms with E-state index < -0.39 is 127 Å². The van der Waals surface area contributed by atoms with Crippen LogP contribution >= 0.6 is 27.5 Å². The summed E-state index contributed by atoms with van der Waals surface area (Å²) in [6, 6.07) is 7.81. The fourth-order valence-electron chi connectivity index (χ4n) is 11.7. The highest BCUT2D eigenvalue weighted by atomic mass is 79.9. The van der Waals surface area contributed by atoms with Gasteiger partial charge in [-0.3, -0.25) is 42.9 Å². The number of hydrogen-bond donors (Lipinski definition) is 6. The van der Waals surface area contributed by atoms with Gasteiger partial charge in [0.1, 0.15) is 63.9 Å². The normalized spacial score (nSPS) is 18.0. The summed E-state index contributed by atoms with van der Waals surface area (Å²) in [7, 11) is 4.26. The summed E-state index contributed by atoms with van der Waals surface area (Å²) in [5.74, 6) is -5.89. The summed E-state index contributed by atoms with van der Waals surface area (Å²) in [4.78, 5) is 98.2. The number of halogens is 13. The molecule has 6 aromatic rings. The number of nitrogens with one attached hydrogen (secondary N) is 6. The molecule has 3 atom stereocenters. The number of fused-ring (bicyclic) bond motifs is 9. The third kappa shape index (κ3) is 17.4. The third-order valence-electron chi connectivity index (χ3n) is 16.6. The number of amides is 9. The number of hydrogen-bond acceptors (Lipinski definition) is 16. The second kappa shape index (κ2) is 32.8. The molecule has 0 saturated carbocycles. The Kier molecular flexibility index (Phi) is 24.3. The second-order valence-corrected chi connectivity index (χ2v) is 24.8. The lowest BCUT2D eigenvalue weighted by Gasteiger charge is -2.27. The van der Waals surface area contributed by atoms with E-state index in [2.05, 4.69) is 63.1 Å². The summed E-state index contributed by atoms with van der Waals surface area (Å²) >= 11 is 8.37. The van der Waals surface area contributed by atoms with E-state index >= 15 is 0 Å². The van der Waals surface area contributed by atoms with Gasteiger partial charge in [0, 0.05) is 102 Å². The number of benzene rings is 3. The molecule has 9 heterocycles. The molecule has 6 N–H and O–H groups in total. The first-order chi connectivity index (χ1) is 48.6. The fraction of sp³-hybridized carbons (Fsp3) is 0.443. The van der Waals surface area contributed by atoms with Crippen molar-refractivity contribution in [2.24, 2.45) is 0 Å². The van der Waals surface area contributed by atoms with Gasteiger partial charge in [-0.25, -0.2) is 77.9 Å². The van der Waals surface area contributed by atoms with Crippen LogP contribution in [0.5, 0.6) is 0 Å². The first kappa shape index (κ1) is 75.4. The molecule has 41 heteroatoms. The Bertz CT molecular complexity index is 4030. The van der Waals surface area contributed by atoms with E-state index in [-0.39, 0.29) is 116 Å². The summed E-state index contributed by atoms with van der Waals surface area (Å²) in [6.07, 6.45) is -8.28. The van der Waals surface area contributed by atoms with Gasteiger partial charge >= 0.3 is 18.1 Å². The van der Waals surface area contributed by atoms with Crippen LogP contribution in [0.4, 0.5) is 79.7 Å². The molecule has 6 aliphatic heterocycles. The monoisotopic (exact) mass is 1530 g/mol. The quantitative estimate of drug-likeness (QED) is 0.0440. The standard InChI is InChI=1S/C21H22F3N7O3.C20H21BrF4N6O3.C20H21ClF4N6O3/c1-29-20(32)19-15-11-30(21(33)27-13-2-3-16(22)12(6-13)7-25)5-4-17(15)28-31(19)10-14(34-29)8-26-9-18(23)24;2*1-29-19(32)18-11-9-30(20(33)27-14-3-2-12(22)16(21)17(14)25)5-4-13(11)28-31(18)8-10(34-29)6-26-7-15(23)24/h2-3,6,14,18,26H,4-5,8-11H2,1H3,(H,27,33);2*2-3,10,15,26H,4-9H2,1H3,(H,27,33)/t14-;2*10-/m111/s1. The Hall–Kier alpha value is -9.24. The first-order valence-corrected chi connectivity index (χ1v) is 32.5. The van der Waals surface area contributed by atoms with E-state index in [1.807, 2.05) is 0 Å². The Balaban J connectivity index is 0.000000165. The maximum Gasteiger partial charge on any atom is 0.322 e. The van der Waals surface area contributed by atoms with E-state index in [1.54, 1.807) is 6.07 Å². The number of rotatable bonds is 15. The lowest BCUT2D eigenvalue weighted by Crippen LogP contribution is -2.40. The topological polar surface area (TPSA) is 299 Å². The van der Waals surface area contributed by atoms with Gasteiger partial charge in [-0.1, -0.05) is 11.6 Å². The van der Waals surface area contributed by atoms with E-state index in [4.69, 9.17) is 31.4 Å². The molecule has 9 amide bonds. The minimum atomic E-state index is -2.52. The molecule has 0 fully saturated rings. The predicted octanol–water partition coefficient (Wildman–Crippen LogP) is 7.12. The van der Waals surface area contributed by atoms with E-state index in [0.717, 1.165) is 45.5 Å². The number of hydroxylamine groups is 6. The molecule has 0 saturated heterocycles. The minimum absolute atomic E-state index is 0.0148. The zero-order valence-corrected chi connectivity index (χ0v) is 56.5. The van der Waals surface area contributed by atoms with Crippen LogP contribution < -0.4 is 31.9 Å². The molecule has 0 bridgehead atoms. The van der Waals surface area contributed by atoms with Gasteiger partial charge in [0.2, 0.25) is 0 Å². The maximum atomic E-state index is 14.3. The number of carbonyl (C=O) groups is 6. The molecule has 3 aromatic heterocycles. The van der Waals surface area contributed by atoms with Crippen LogP contribution in [0.2, 0.25) is 5.02 Å². The lowest BCUT2D eigenvalue weighted by atomic mass is 10.1. The highest BCUT2D eigenvalue weighted by Crippen LogP contribution is 2.33. The number of alkyl halides is 6. The maximum absolute atomic E-state index is 14.3. The van der Waals surface area contributed by atoms with Crippen LogP contribution in [-0.4, -0.2) is 213 Å². The summed E-state index contributed by atoms with van der Waals surface area (Å²) in [5.41, 5.74) is 3.92. The molecule has 0 spiro atoms. The van der Waals surface area contributed by atoms with Crippen LogP contribution in [0.15, 0.2) is 46.9 Å². The van der Waals surface area contributed by atoms with Gasteiger partial charge < -0.3 is 46.6 Å². The van der Waals surface area contributed by atoms with Crippen LogP contribution in [0.25, 0.3) is 0 Å². The van der Waals surface area contributed by atoms with Crippen LogP contribution in [-0.2, 0) is 73.0 Å². The Morgan fingerprint density at radius 2 is 0.902 bits per heavy atom. The van der Waals surface area contributed by atoms with Crippen molar-refractivity contribution in [3.05, 3.63) is 137 Å². The van der Waals surface area contributed by atoms with Gasteiger partial charge in [-0.2, -0.15) is 20.6 Å². The summed E-state index contributed by atoms with van der Waals surface area (Å²) in [5, 5.41) is 40.1. The largest absolute Gasteiger partial charge is 0.322 e. The van der Waals surface area contributed by atoms with Crippen molar-refractivity contribution in [1.82, 2.24) is 75.2 Å². The average Bonchev–Trinajstić information content (AvgIpc) is 1.62. The molecular formula is C61H64BrClF11N19O9. The first-order valence-electron chi connectivity index (χ1n) is 31.3. The van der Waals surface area contributed by atoms with Gasteiger partial charge in [0.25, 0.3) is 37.0 Å². The van der Waals surface area contributed by atoms with E-state index in [0.29, 0.717) is 59.6 Å². The Labute approximate surface area is 585 Å².